The summed E-state index contributed by atoms with van der Waals surface area (Å²) in [6.45, 7) is 8.03. The second-order valence-electron chi connectivity index (χ2n) is 5.93. The third-order valence-electron chi connectivity index (χ3n) is 3.73. The van der Waals surface area contributed by atoms with Gasteiger partial charge in [0.1, 0.15) is 17.6 Å². The molecule has 0 spiro atoms. The Bertz CT molecular complexity index is 668. The summed E-state index contributed by atoms with van der Waals surface area (Å²) in [4.78, 5) is 0. The number of hydrogen-bond acceptors (Lipinski definition) is 4. The molecule has 128 valence electrons. The maximum absolute atomic E-state index is 9.95. The van der Waals surface area contributed by atoms with Gasteiger partial charge in [0, 0.05) is 12.1 Å². The van der Waals surface area contributed by atoms with Crippen molar-refractivity contribution >= 4 is 5.57 Å². The number of allylic oxidation sites excluding steroid dienone is 1. The number of hydrogen-bond donors (Lipinski definition) is 3. The molecule has 0 saturated heterocycles. The number of aromatic hydroxyl groups is 1. The molecule has 0 aliphatic rings. The van der Waals surface area contributed by atoms with Crippen molar-refractivity contribution in [3.05, 3.63) is 66.2 Å². The lowest BCUT2D eigenvalue weighted by Crippen LogP contribution is -2.43. The number of aliphatic hydroxyl groups is 1. The number of benzene rings is 2. The largest absolute Gasteiger partial charge is 0.507 e. The minimum atomic E-state index is -0.678. The van der Waals surface area contributed by atoms with Gasteiger partial charge in [-0.25, -0.2) is 0 Å². The van der Waals surface area contributed by atoms with Gasteiger partial charge in [-0.15, -0.1) is 0 Å². The number of phenols is 1. The van der Waals surface area contributed by atoms with Crippen LogP contribution >= 0.6 is 0 Å². The van der Waals surface area contributed by atoms with Crippen LogP contribution in [0.2, 0.25) is 0 Å². The highest BCUT2D eigenvalue weighted by molar-refractivity contribution is 5.68. The zero-order chi connectivity index (χ0) is 17.5. The molecule has 0 fully saturated rings. The topological polar surface area (TPSA) is 61.7 Å². The van der Waals surface area contributed by atoms with Crippen molar-refractivity contribution in [3.8, 4) is 11.5 Å². The van der Waals surface area contributed by atoms with Crippen LogP contribution in [0.25, 0.3) is 5.57 Å². The molecule has 0 heterocycles. The van der Waals surface area contributed by atoms with Gasteiger partial charge >= 0.3 is 0 Å². The fraction of sp³-hybridized carbons (Fsp3) is 0.300. The molecule has 0 bridgehead atoms. The Labute approximate surface area is 143 Å². The predicted octanol–water partition coefficient (Wildman–Crippen LogP) is 3.34. The Morgan fingerprint density at radius 3 is 2.54 bits per heavy atom. The molecule has 2 atom stereocenters. The highest BCUT2D eigenvalue weighted by Gasteiger charge is 2.17. The van der Waals surface area contributed by atoms with Crippen LogP contribution in [0, 0.1) is 0 Å². The van der Waals surface area contributed by atoms with Crippen LogP contribution in [0.3, 0.4) is 0 Å². The molecule has 2 aromatic carbocycles. The van der Waals surface area contributed by atoms with Crippen molar-refractivity contribution in [1.29, 1.82) is 0 Å². The van der Waals surface area contributed by atoms with Gasteiger partial charge in [-0.05, 0) is 49.6 Å². The van der Waals surface area contributed by atoms with Crippen LogP contribution in [0.5, 0.6) is 11.5 Å². The first-order chi connectivity index (χ1) is 11.5. The van der Waals surface area contributed by atoms with Gasteiger partial charge in [-0.2, -0.15) is 0 Å². The molecule has 4 nitrogen and oxygen atoms in total. The highest BCUT2D eigenvalue weighted by Crippen LogP contribution is 2.28. The average Bonchev–Trinajstić information content (AvgIpc) is 2.56. The molecule has 4 heteroatoms. The molecule has 0 aliphatic heterocycles. The number of rotatable bonds is 8. The third kappa shape index (κ3) is 5.11. The lowest BCUT2D eigenvalue weighted by Gasteiger charge is -2.23. The molecule has 0 saturated carbocycles. The summed E-state index contributed by atoms with van der Waals surface area (Å²) < 4.78 is 5.85. The summed E-state index contributed by atoms with van der Waals surface area (Å²) in [7, 11) is 0. The molecular weight excluding hydrogens is 302 g/mol. The lowest BCUT2D eigenvalue weighted by molar-refractivity contribution is 0.0274. The molecule has 0 radical (unpaired) electrons. The van der Waals surface area contributed by atoms with Crippen molar-refractivity contribution < 1.29 is 14.9 Å². The number of aliphatic hydroxyl groups excluding tert-OH is 1. The van der Waals surface area contributed by atoms with Crippen LogP contribution in [0.4, 0.5) is 0 Å². The summed E-state index contributed by atoms with van der Waals surface area (Å²) in [5, 5.41) is 23.0. The zero-order valence-corrected chi connectivity index (χ0v) is 14.2. The van der Waals surface area contributed by atoms with Crippen LogP contribution < -0.4 is 10.1 Å². The number of phenolic OH excluding ortho intramolecular Hbond substituents is 1. The molecule has 0 amide bonds. The van der Waals surface area contributed by atoms with Crippen molar-refractivity contribution in [2.45, 2.75) is 32.6 Å². The summed E-state index contributed by atoms with van der Waals surface area (Å²) >= 11 is 0. The van der Waals surface area contributed by atoms with Gasteiger partial charge in [0.2, 0.25) is 0 Å². The van der Waals surface area contributed by atoms with E-state index < -0.39 is 12.3 Å². The van der Waals surface area contributed by atoms with Gasteiger partial charge in [0.25, 0.3) is 0 Å². The molecule has 2 rings (SSSR count). The second-order valence-corrected chi connectivity index (χ2v) is 5.93. The van der Waals surface area contributed by atoms with E-state index in [1.807, 2.05) is 25.1 Å². The van der Waals surface area contributed by atoms with E-state index in [0.29, 0.717) is 17.9 Å². The molecular formula is C20H25NO3. The molecule has 0 aliphatic carbocycles. The summed E-state index contributed by atoms with van der Waals surface area (Å²) in [5.74, 6) is 0.740. The maximum atomic E-state index is 9.95. The van der Waals surface area contributed by atoms with E-state index in [4.69, 9.17) is 4.74 Å². The van der Waals surface area contributed by atoms with Gasteiger partial charge in [0.05, 0.1) is 0 Å². The third-order valence-corrected chi connectivity index (χ3v) is 3.73. The molecule has 2 unspecified atom stereocenters. The fourth-order valence-corrected chi connectivity index (χ4v) is 2.39. The number of ether oxygens (including phenoxy) is 1. The normalized spacial score (nSPS) is 13.3. The van der Waals surface area contributed by atoms with E-state index in [1.165, 1.54) is 5.56 Å². The quantitative estimate of drug-likeness (QED) is 0.651. The van der Waals surface area contributed by atoms with Gasteiger partial charge in [0.15, 0.2) is 6.23 Å². The van der Waals surface area contributed by atoms with E-state index in [0.717, 1.165) is 12.0 Å². The van der Waals surface area contributed by atoms with Crippen LogP contribution in [0.15, 0.2) is 55.1 Å². The minimum absolute atomic E-state index is 0.167. The lowest BCUT2D eigenvalue weighted by atomic mass is 10.1. The smallest absolute Gasteiger partial charge is 0.176 e. The second kappa shape index (κ2) is 8.52. The molecule has 24 heavy (non-hydrogen) atoms. The Hall–Kier alpha value is -2.30. The van der Waals surface area contributed by atoms with E-state index in [1.54, 1.807) is 25.1 Å². The van der Waals surface area contributed by atoms with Gasteiger partial charge < -0.3 is 14.9 Å². The summed E-state index contributed by atoms with van der Waals surface area (Å²) in [6, 6.07) is 15.1. The first kappa shape index (κ1) is 18.0. The van der Waals surface area contributed by atoms with Gasteiger partial charge in [-0.1, -0.05) is 36.9 Å². The predicted molar refractivity (Wildman–Crippen MR) is 97.1 cm³/mol. The van der Waals surface area contributed by atoms with Crippen molar-refractivity contribution in [2.75, 3.05) is 6.54 Å². The summed E-state index contributed by atoms with van der Waals surface area (Å²) in [5.41, 5.74) is 2.62. The number of nitrogens with one attached hydrogen (secondary N) is 1. The van der Waals surface area contributed by atoms with Crippen LogP contribution in [-0.2, 0) is 6.42 Å². The fourth-order valence-electron chi connectivity index (χ4n) is 2.39. The molecule has 3 N–H and O–H groups in total. The average molecular weight is 327 g/mol. The summed E-state index contributed by atoms with van der Waals surface area (Å²) in [6.07, 6.45) is -0.362. The van der Waals surface area contributed by atoms with Crippen molar-refractivity contribution in [1.82, 2.24) is 5.32 Å². The van der Waals surface area contributed by atoms with E-state index in [9.17, 15) is 10.2 Å². The molecule has 2 aromatic rings. The van der Waals surface area contributed by atoms with E-state index in [-0.39, 0.29) is 5.75 Å². The monoisotopic (exact) mass is 327 g/mol. The zero-order valence-electron chi connectivity index (χ0n) is 14.2. The minimum Gasteiger partial charge on any atom is -0.507 e. The maximum Gasteiger partial charge on any atom is 0.176 e. The van der Waals surface area contributed by atoms with Crippen LogP contribution in [-0.4, -0.2) is 29.1 Å². The first-order valence-electron chi connectivity index (χ1n) is 8.08. The Balaban J connectivity index is 1.98. The Morgan fingerprint density at radius 2 is 1.92 bits per heavy atom. The Kier molecular flexibility index (Phi) is 6.41. The van der Waals surface area contributed by atoms with E-state index in [2.05, 4.69) is 24.0 Å². The standard InChI is InChI=1S/C20H25NO3/c1-14(2)18-13-17(9-10-19(18)23)24-20(15(3)22)21-12-11-16-7-5-4-6-8-16/h4-10,13,15,20-23H,1,11-12H2,2-3H3. The van der Waals surface area contributed by atoms with Gasteiger partial charge in [-0.3, -0.25) is 5.32 Å². The van der Waals surface area contributed by atoms with Crippen molar-refractivity contribution in [3.63, 3.8) is 0 Å². The first-order valence-corrected chi connectivity index (χ1v) is 8.08. The van der Waals surface area contributed by atoms with Crippen LogP contribution in [0.1, 0.15) is 25.0 Å². The SMILES string of the molecule is C=C(C)c1cc(OC(NCCc2ccccc2)C(C)O)ccc1O. The molecule has 0 aromatic heterocycles. The highest BCUT2D eigenvalue weighted by atomic mass is 16.5. The van der Waals surface area contributed by atoms with E-state index >= 15 is 0 Å². The van der Waals surface area contributed by atoms with Crippen molar-refractivity contribution in [2.24, 2.45) is 0 Å². The Morgan fingerprint density at radius 1 is 1.21 bits per heavy atom.